The van der Waals surface area contributed by atoms with Gasteiger partial charge in [-0.3, -0.25) is 4.98 Å². The summed E-state index contributed by atoms with van der Waals surface area (Å²) in [7, 11) is 0. The SMILES string of the molecule is Cc1sncc1-c1ccc(-c2ccccn2)c(N)c1. The van der Waals surface area contributed by atoms with Gasteiger partial charge < -0.3 is 5.73 Å². The molecule has 19 heavy (non-hydrogen) atoms. The van der Waals surface area contributed by atoms with Gasteiger partial charge in [-0.25, -0.2) is 4.37 Å². The van der Waals surface area contributed by atoms with Crippen LogP contribution in [0.2, 0.25) is 0 Å². The molecule has 0 aliphatic heterocycles. The van der Waals surface area contributed by atoms with Gasteiger partial charge in [-0.15, -0.1) is 0 Å². The fourth-order valence-electron chi connectivity index (χ4n) is 2.06. The molecule has 0 saturated heterocycles. The van der Waals surface area contributed by atoms with Crippen molar-refractivity contribution in [1.29, 1.82) is 0 Å². The Balaban J connectivity index is 2.06. The fraction of sp³-hybridized carbons (Fsp3) is 0.0667. The summed E-state index contributed by atoms with van der Waals surface area (Å²) in [5.41, 5.74) is 11.0. The second-order valence-electron chi connectivity index (χ2n) is 4.31. The van der Waals surface area contributed by atoms with Gasteiger partial charge in [0.2, 0.25) is 0 Å². The van der Waals surface area contributed by atoms with Crippen molar-refractivity contribution in [3.63, 3.8) is 0 Å². The molecule has 0 radical (unpaired) electrons. The van der Waals surface area contributed by atoms with E-state index in [0.717, 1.165) is 28.1 Å². The number of aromatic nitrogens is 2. The molecule has 3 aromatic rings. The number of nitrogens with zero attached hydrogens (tertiary/aromatic N) is 2. The highest BCUT2D eigenvalue weighted by Crippen LogP contribution is 2.31. The first kappa shape index (κ1) is 11.9. The van der Waals surface area contributed by atoms with Crippen LogP contribution in [0.3, 0.4) is 0 Å². The van der Waals surface area contributed by atoms with E-state index >= 15 is 0 Å². The maximum absolute atomic E-state index is 6.15. The van der Waals surface area contributed by atoms with E-state index in [2.05, 4.69) is 22.3 Å². The van der Waals surface area contributed by atoms with Gasteiger partial charge in [0.1, 0.15) is 0 Å². The van der Waals surface area contributed by atoms with Crippen molar-refractivity contribution in [2.45, 2.75) is 6.92 Å². The Morgan fingerprint density at radius 3 is 2.63 bits per heavy atom. The van der Waals surface area contributed by atoms with Gasteiger partial charge in [0.15, 0.2) is 0 Å². The molecule has 0 amide bonds. The Bertz CT molecular complexity index is 704. The average molecular weight is 267 g/mol. The lowest BCUT2D eigenvalue weighted by Gasteiger charge is -2.07. The van der Waals surface area contributed by atoms with Gasteiger partial charge in [-0.05, 0) is 42.2 Å². The Morgan fingerprint density at radius 2 is 2.00 bits per heavy atom. The monoisotopic (exact) mass is 267 g/mol. The van der Waals surface area contributed by atoms with E-state index in [4.69, 9.17) is 5.73 Å². The Labute approximate surface area is 115 Å². The first-order valence-electron chi connectivity index (χ1n) is 5.98. The number of nitrogen functional groups attached to an aromatic ring is 1. The first-order chi connectivity index (χ1) is 9.25. The predicted octanol–water partition coefficient (Wildman–Crippen LogP) is 3.76. The third-order valence-electron chi connectivity index (χ3n) is 3.05. The summed E-state index contributed by atoms with van der Waals surface area (Å²) in [6, 6.07) is 11.9. The maximum atomic E-state index is 6.15. The molecule has 0 saturated carbocycles. The summed E-state index contributed by atoms with van der Waals surface area (Å²) < 4.78 is 4.20. The maximum Gasteiger partial charge on any atom is 0.0722 e. The van der Waals surface area contributed by atoms with Crippen molar-refractivity contribution in [3.8, 4) is 22.4 Å². The molecule has 0 atom stereocenters. The molecule has 3 nitrogen and oxygen atoms in total. The molecule has 0 bridgehead atoms. The highest BCUT2D eigenvalue weighted by molar-refractivity contribution is 7.06. The number of nitrogens with two attached hydrogens (primary N) is 1. The van der Waals surface area contributed by atoms with Gasteiger partial charge in [-0.2, -0.15) is 0 Å². The second-order valence-corrected chi connectivity index (χ2v) is 5.32. The Morgan fingerprint density at radius 1 is 1.11 bits per heavy atom. The number of benzene rings is 1. The van der Waals surface area contributed by atoms with Crippen LogP contribution >= 0.6 is 11.5 Å². The molecule has 4 heteroatoms. The number of rotatable bonds is 2. The van der Waals surface area contributed by atoms with Crippen LogP contribution in [0, 0.1) is 6.92 Å². The van der Waals surface area contributed by atoms with Crippen LogP contribution in [0.1, 0.15) is 4.88 Å². The number of pyridine rings is 1. The van der Waals surface area contributed by atoms with Crippen LogP contribution in [-0.4, -0.2) is 9.36 Å². The van der Waals surface area contributed by atoms with Crippen LogP contribution in [0.25, 0.3) is 22.4 Å². The van der Waals surface area contributed by atoms with E-state index in [-0.39, 0.29) is 0 Å². The molecule has 2 aromatic heterocycles. The number of hydrogen-bond acceptors (Lipinski definition) is 4. The zero-order chi connectivity index (χ0) is 13.2. The molecule has 0 aliphatic carbocycles. The normalized spacial score (nSPS) is 10.6. The van der Waals surface area contributed by atoms with Crippen LogP contribution in [0.4, 0.5) is 5.69 Å². The lowest BCUT2D eigenvalue weighted by atomic mass is 10.0. The highest BCUT2D eigenvalue weighted by Gasteiger charge is 2.08. The predicted molar refractivity (Wildman–Crippen MR) is 79.9 cm³/mol. The zero-order valence-electron chi connectivity index (χ0n) is 10.5. The molecule has 94 valence electrons. The van der Waals surface area contributed by atoms with Crippen molar-refractivity contribution < 1.29 is 0 Å². The lowest BCUT2D eigenvalue weighted by Crippen LogP contribution is -1.92. The summed E-state index contributed by atoms with van der Waals surface area (Å²) in [6.07, 6.45) is 3.66. The third-order valence-corrected chi connectivity index (χ3v) is 3.76. The summed E-state index contributed by atoms with van der Waals surface area (Å²) in [4.78, 5) is 5.53. The molecule has 0 unspecified atom stereocenters. The Kier molecular flexibility index (Phi) is 3.01. The Hall–Kier alpha value is -2.20. The molecular weight excluding hydrogens is 254 g/mol. The van der Waals surface area contributed by atoms with E-state index in [1.807, 2.05) is 36.5 Å². The summed E-state index contributed by atoms with van der Waals surface area (Å²) in [5, 5.41) is 0. The molecule has 0 fully saturated rings. The van der Waals surface area contributed by atoms with Gasteiger partial charge >= 0.3 is 0 Å². The fourth-order valence-corrected chi connectivity index (χ4v) is 2.65. The average Bonchev–Trinajstić information content (AvgIpc) is 2.86. The summed E-state index contributed by atoms with van der Waals surface area (Å²) in [6.45, 7) is 2.07. The molecule has 1 aromatic carbocycles. The summed E-state index contributed by atoms with van der Waals surface area (Å²) in [5.74, 6) is 0. The number of anilines is 1. The molecular formula is C15H13N3S. The van der Waals surface area contributed by atoms with Gasteiger partial charge in [0.05, 0.1) is 5.69 Å². The van der Waals surface area contributed by atoms with Crippen molar-refractivity contribution in [2.24, 2.45) is 0 Å². The van der Waals surface area contributed by atoms with Crippen LogP contribution in [0.15, 0.2) is 48.8 Å². The standard InChI is InChI=1S/C15H13N3S/c1-10-13(9-18-19-10)11-5-6-12(14(16)8-11)15-4-2-3-7-17-15/h2-9H,16H2,1H3. The molecule has 3 rings (SSSR count). The quantitative estimate of drug-likeness (QED) is 0.719. The molecule has 0 aliphatic rings. The number of aryl methyl sites for hydroxylation is 1. The third kappa shape index (κ3) is 2.22. The van der Waals surface area contributed by atoms with E-state index in [1.54, 1.807) is 6.20 Å². The lowest BCUT2D eigenvalue weighted by molar-refractivity contribution is 1.33. The topological polar surface area (TPSA) is 51.8 Å². The minimum absolute atomic E-state index is 0.738. The first-order valence-corrected chi connectivity index (χ1v) is 6.75. The van der Waals surface area contributed by atoms with Crippen molar-refractivity contribution >= 4 is 17.2 Å². The van der Waals surface area contributed by atoms with Crippen LogP contribution in [0.5, 0.6) is 0 Å². The van der Waals surface area contributed by atoms with E-state index < -0.39 is 0 Å². The van der Waals surface area contributed by atoms with Gasteiger partial charge in [0, 0.05) is 34.1 Å². The zero-order valence-corrected chi connectivity index (χ0v) is 11.3. The molecule has 0 spiro atoms. The summed E-state index contributed by atoms with van der Waals surface area (Å²) >= 11 is 1.50. The van der Waals surface area contributed by atoms with E-state index in [1.165, 1.54) is 16.4 Å². The minimum atomic E-state index is 0.738. The van der Waals surface area contributed by atoms with Gasteiger partial charge in [0.25, 0.3) is 0 Å². The van der Waals surface area contributed by atoms with Crippen LogP contribution < -0.4 is 5.73 Å². The smallest absolute Gasteiger partial charge is 0.0722 e. The largest absolute Gasteiger partial charge is 0.398 e. The molecule has 2 N–H and O–H groups in total. The van der Waals surface area contributed by atoms with Crippen molar-refractivity contribution in [3.05, 3.63) is 53.7 Å². The van der Waals surface area contributed by atoms with E-state index in [0.29, 0.717) is 0 Å². The molecule has 2 heterocycles. The minimum Gasteiger partial charge on any atom is -0.398 e. The second kappa shape index (κ2) is 4.82. The van der Waals surface area contributed by atoms with Gasteiger partial charge in [-0.1, -0.05) is 18.2 Å². The van der Waals surface area contributed by atoms with E-state index in [9.17, 15) is 0 Å². The van der Waals surface area contributed by atoms with Crippen LogP contribution in [-0.2, 0) is 0 Å². The van der Waals surface area contributed by atoms with Crippen molar-refractivity contribution in [2.75, 3.05) is 5.73 Å². The van der Waals surface area contributed by atoms with Crippen molar-refractivity contribution in [1.82, 2.24) is 9.36 Å². The highest BCUT2D eigenvalue weighted by atomic mass is 32.1. The number of hydrogen-bond donors (Lipinski definition) is 1.